The second kappa shape index (κ2) is 9.90. The molecular weight excluding hydrogens is 477 g/mol. The Morgan fingerprint density at radius 2 is 1.50 bits per heavy atom. The van der Waals surface area contributed by atoms with Gasteiger partial charge in [-0.05, 0) is 42.5 Å². The fourth-order valence-electron chi connectivity index (χ4n) is 3.63. The number of nitrogens with one attached hydrogen (secondary N) is 2. The van der Waals surface area contributed by atoms with E-state index in [9.17, 15) is 32.3 Å². The number of alkyl halides is 3. The minimum absolute atomic E-state index is 0.186. The van der Waals surface area contributed by atoms with Gasteiger partial charge in [-0.15, -0.1) is 0 Å². The number of carbonyl (C=O) groups is 4. The summed E-state index contributed by atoms with van der Waals surface area (Å²) in [5.41, 5.74) is 1.61. The number of nitrogens with zero attached hydrogens (tertiary/aromatic N) is 2. The zero-order valence-corrected chi connectivity index (χ0v) is 18.5. The normalized spacial score (nSPS) is 16.0. The number of benzene rings is 3. The zero-order chi connectivity index (χ0) is 25.9. The summed E-state index contributed by atoms with van der Waals surface area (Å²) in [7, 11) is 0. The Morgan fingerprint density at radius 1 is 0.861 bits per heavy atom. The van der Waals surface area contributed by atoms with Crippen molar-refractivity contribution in [2.75, 3.05) is 10.2 Å². The number of anilines is 2. The van der Waals surface area contributed by atoms with Gasteiger partial charge in [0.25, 0.3) is 5.91 Å². The topological polar surface area (TPSA) is 98.8 Å². The van der Waals surface area contributed by atoms with Crippen molar-refractivity contribution in [1.29, 1.82) is 0 Å². The number of hydrogen-bond acceptors (Lipinski definition) is 4. The van der Waals surface area contributed by atoms with Gasteiger partial charge in [0.15, 0.2) is 0 Å². The van der Waals surface area contributed by atoms with Crippen molar-refractivity contribution in [3.8, 4) is 0 Å². The van der Waals surface area contributed by atoms with E-state index in [0.717, 1.165) is 23.1 Å². The van der Waals surface area contributed by atoms with Crippen LogP contribution in [0.15, 0.2) is 84.9 Å². The Bertz CT molecular complexity index is 1300. The summed E-state index contributed by atoms with van der Waals surface area (Å²) in [4.78, 5) is 52.9. The molecule has 8 nitrogen and oxygen atoms in total. The molecule has 36 heavy (non-hydrogen) atoms. The predicted molar refractivity (Wildman–Crippen MR) is 124 cm³/mol. The number of halogens is 3. The van der Waals surface area contributed by atoms with Crippen molar-refractivity contribution >= 4 is 35.1 Å². The maximum Gasteiger partial charge on any atom is 0.416 e. The van der Waals surface area contributed by atoms with Gasteiger partial charge in [-0.1, -0.05) is 42.5 Å². The van der Waals surface area contributed by atoms with Crippen LogP contribution in [0.2, 0.25) is 0 Å². The van der Waals surface area contributed by atoms with Gasteiger partial charge in [0.1, 0.15) is 6.04 Å². The highest BCUT2D eigenvalue weighted by Gasteiger charge is 2.44. The molecule has 0 aliphatic carbocycles. The molecule has 0 radical (unpaired) electrons. The quantitative estimate of drug-likeness (QED) is 0.553. The first kappa shape index (κ1) is 24.5. The van der Waals surface area contributed by atoms with Gasteiger partial charge in [0.2, 0.25) is 11.8 Å². The van der Waals surface area contributed by atoms with Crippen LogP contribution in [-0.4, -0.2) is 34.8 Å². The van der Waals surface area contributed by atoms with Crippen molar-refractivity contribution in [2.24, 2.45) is 0 Å². The molecule has 1 fully saturated rings. The molecule has 1 saturated heterocycles. The van der Waals surface area contributed by atoms with Crippen molar-refractivity contribution in [3.05, 3.63) is 96.1 Å². The summed E-state index contributed by atoms with van der Waals surface area (Å²) in [6.45, 7) is 0. The molecule has 0 bridgehead atoms. The summed E-state index contributed by atoms with van der Waals surface area (Å²) in [6, 6.07) is 17.2. The molecule has 4 rings (SSSR count). The second-order valence-electron chi connectivity index (χ2n) is 7.81. The van der Waals surface area contributed by atoms with Gasteiger partial charge < -0.3 is 5.32 Å². The van der Waals surface area contributed by atoms with Gasteiger partial charge >= 0.3 is 12.2 Å². The van der Waals surface area contributed by atoms with Gasteiger partial charge in [-0.25, -0.2) is 14.7 Å². The Kier molecular flexibility index (Phi) is 6.73. The molecule has 1 aliphatic heterocycles. The Morgan fingerprint density at radius 3 is 2.14 bits per heavy atom. The molecule has 1 heterocycles. The van der Waals surface area contributed by atoms with Gasteiger partial charge in [0, 0.05) is 11.3 Å². The highest BCUT2D eigenvalue weighted by atomic mass is 19.4. The van der Waals surface area contributed by atoms with Gasteiger partial charge in [-0.2, -0.15) is 13.2 Å². The van der Waals surface area contributed by atoms with Crippen LogP contribution in [0, 0.1) is 0 Å². The lowest BCUT2D eigenvalue weighted by Gasteiger charge is -2.38. The molecule has 0 aromatic heterocycles. The summed E-state index contributed by atoms with van der Waals surface area (Å²) in [5, 5.41) is 3.02. The van der Waals surface area contributed by atoms with E-state index in [-0.39, 0.29) is 16.9 Å². The fourth-order valence-corrected chi connectivity index (χ4v) is 3.63. The fraction of sp³-hybridized carbons (Fsp3) is 0.120. The number of imide groups is 1. The zero-order valence-electron chi connectivity index (χ0n) is 18.5. The van der Waals surface area contributed by atoms with Crippen LogP contribution in [0.1, 0.15) is 22.3 Å². The summed E-state index contributed by atoms with van der Waals surface area (Å²) < 4.78 is 39.2. The first-order valence-corrected chi connectivity index (χ1v) is 10.7. The third kappa shape index (κ3) is 5.19. The first-order valence-electron chi connectivity index (χ1n) is 10.7. The standard InChI is InChI=1S/C25H19F3N4O4/c26-25(27,28)17-10-7-11-18(14-17)29-23(35)20-15-21(33)31(19-12-5-2-6-13-19)24(36)32(20)30-22(34)16-8-3-1-4-9-16/h1-14,20H,15H2,(H,29,35)(H,30,34)/t20-/m1/s1. The maximum absolute atomic E-state index is 13.3. The van der Waals surface area contributed by atoms with Crippen LogP contribution in [-0.2, 0) is 15.8 Å². The number of hydrazine groups is 1. The minimum Gasteiger partial charge on any atom is -0.324 e. The highest BCUT2D eigenvalue weighted by Crippen LogP contribution is 2.31. The predicted octanol–water partition coefficient (Wildman–Crippen LogP) is 4.22. The molecular formula is C25H19F3N4O4. The molecule has 3 aromatic carbocycles. The third-order valence-electron chi connectivity index (χ3n) is 5.36. The smallest absolute Gasteiger partial charge is 0.324 e. The average Bonchev–Trinajstić information content (AvgIpc) is 2.86. The number of amides is 5. The van der Waals surface area contributed by atoms with E-state index in [1.54, 1.807) is 36.4 Å². The lowest BCUT2D eigenvalue weighted by molar-refractivity contribution is -0.137. The van der Waals surface area contributed by atoms with E-state index in [1.807, 2.05) is 0 Å². The van der Waals surface area contributed by atoms with E-state index >= 15 is 0 Å². The SMILES string of the molecule is O=C(NN1C(=O)N(c2ccccc2)C(=O)C[C@@H]1C(=O)Nc1cccc(C(F)(F)F)c1)c1ccccc1. The molecule has 1 atom stereocenters. The molecule has 11 heteroatoms. The van der Waals surface area contributed by atoms with Crippen LogP contribution < -0.4 is 15.6 Å². The minimum atomic E-state index is -4.64. The third-order valence-corrected chi connectivity index (χ3v) is 5.36. The Labute approximate surface area is 203 Å². The maximum atomic E-state index is 13.3. The van der Waals surface area contributed by atoms with E-state index in [2.05, 4.69) is 10.7 Å². The molecule has 3 aromatic rings. The molecule has 1 aliphatic rings. The van der Waals surface area contributed by atoms with Gasteiger partial charge in [0.05, 0.1) is 17.7 Å². The first-order chi connectivity index (χ1) is 17.1. The van der Waals surface area contributed by atoms with Crippen molar-refractivity contribution in [2.45, 2.75) is 18.6 Å². The number of para-hydroxylation sites is 1. The van der Waals surface area contributed by atoms with Crippen LogP contribution in [0.4, 0.5) is 29.3 Å². The highest BCUT2D eigenvalue weighted by molar-refractivity contribution is 6.19. The largest absolute Gasteiger partial charge is 0.416 e. The number of rotatable bonds is 5. The van der Waals surface area contributed by atoms with E-state index in [0.29, 0.717) is 5.01 Å². The van der Waals surface area contributed by atoms with Crippen molar-refractivity contribution in [3.63, 3.8) is 0 Å². The molecule has 184 valence electrons. The second-order valence-corrected chi connectivity index (χ2v) is 7.81. The average molecular weight is 496 g/mol. The van der Waals surface area contributed by atoms with Crippen LogP contribution in [0.5, 0.6) is 0 Å². The summed E-state index contributed by atoms with van der Waals surface area (Å²) >= 11 is 0. The monoisotopic (exact) mass is 496 g/mol. The Balaban J connectivity index is 1.64. The molecule has 5 amide bonds. The number of carbonyl (C=O) groups excluding carboxylic acids is 4. The van der Waals surface area contributed by atoms with E-state index in [1.165, 1.54) is 30.3 Å². The molecule has 2 N–H and O–H groups in total. The van der Waals surface area contributed by atoms with Crippen LogP contribution >= 0.6 is 0 Å². The van der Waals surface area contributed by atoms with Gasteiger partial charge in [-0.3, -0.25) is 19.8 Å². The summed E-state index contributed by atoms with van der Waals surface area (Å²) in [5.74, 6) is -2.39. The van der Waals surface area contributed by atoms with Crippen LogP contribution in [0.25, 0.3) is 0 Å². The van der Waals surface area contributed by atoms with E-state index in [4.69, 9.17) is 0 Å². The van der Waals surface area contributed by atoms with Crippen LogP contribution in [0.3, 0.4) is 0 Å². The lowest BCUT2D eigenvalue weighted by atomic mass is 10.1. The molecule has 0 spiro atoms. The Hall–Kier alpha value is -4.67. The van der Waals surface area contributed by atoms with Crippen molar-refractivity contribution in [1.82, 2.24) is 10.4 Å². The van der Waals surface area contributed by atoms with E-state index < -0.39 is 48.0 Å². The number of urea groups is 1. The van der Waals surface area contributed by atoms with Crippen molar-refractivity contribution < 1.29 is 32.3 Å². The summed E-state index contributed by atoms with van der Waals surface area (Å²) in [6.07, 6.45) is -5.16. The number of hydrogen-bond donors (Lipinski definition) is 2. The molecule has 0 saturated carbocycles. The molecule has 0 unspecified atom stereocenters. The lowest BCUT2D eigenvalue weighted by Crippen LogP contribution is -2.65.